The van der Waals surface area contributed by atoms with E-state index in [1.165, 1.54) is 6.92 Å². The number of amides is 1. The van der Waals surface area contributed by atoms with Gasteiger partial charge in [0.05, 0.1) is 13.3 Å². The summed E-state index contributed by atoms with van der Waals surface area (Å²) < 4.78 is 7.03. The zero-order valence-corrected chi connectivity index (χ0v) is 12.2. The predicted octanol–water partition coefficient (Wildman–Crippen LogP) is 1.95. The van der Waals surface area contributed by atoms with E-state index in [1.807, 2.05) is 28.8 Å². The fraction of sp³-hybridized carbons (Fsp3) is 0.133. The highest BCUT2D eigenvalue weighted by Gasteiger charge is 2.07. The van der Waals surface area contributed by atoms with E-state index < -0.39 is 0 Å². The van der Waals surface area contributed by atoms with Gasteiger partial charge in [-0.05, 0) is 18.2 Å². The molecule has 0 atom stereocenters. The third kappa shape index (κ3) is 2.56. The Bertz CT molecular complexity index is 856. The van der Waals surface area contributed by atoms with Crippen molar-refractivity contribution in [2.24, 2.45) is 0 Å². The quantitative estimate of drug-likeness (QED) is 0.770. The molecule has 0 aliphatic heterocycles. The predicted molar refractivity (Wildman–Crippen MR) is 83.7 cm³/mol. The Labute approximate surface area is 126 Å². The Hall–Kier alpha value is -3.09. The van der Waals surface area contributed by atoms with Crippen LogP contribution in [0.15, 0.2) is 36.8 Å². The summed E-state index contributed by atoms with van der Waals surface area (Å²) in [7, 11) is 1.55. The van der Waals surface area contributed by atoms with Crippen molar-refractivity contribution in [3.8, 4) is 16.9 Å². The topological polar surface area (TPSA) is 94.5 Å². The number of hydrogen-bond donors (Lipinski definition) is 2. The molecule has 0 fully saturated rings. The fourth-order valence-electron chi connectivity index (χ4n) is 2.18. The van der Waals surface area contributed by atoms with Crippen molar-refractivity contribution in [2.45, 2.75) is 6.92 Å². The SMILES string of the molecule is COc1cc(-c2ccc3nc(NC(C)=O)cn3c2)cnc1N. The summed E-state index contributed by atoms with van der Waals surface area (Å²) in [6.45, 7) is 1.45. The molecule has 3 aromatic rings. The number of imidazole rings is 1. The number of ether oxygens (including phenoxy) is 1. The molecule has 0 bridgehead atoms. The van der Waals surface area contributed by atoms with Crippen LogP contribution >= 0.6 is 0 Å². The molecule has 0 unspecified atom stereocenters. The van der Waals surface area contributed by atoms with Crippen molar-refractivity contribution in [2.75, 3.05) is 18.2 Å². The summed E-state index contributed by atoms with van der Waals surface area (Å²) in [4.78, 5) is 19.5. The molecular formula is C15H15N5O2. The van der Waals surface area contributed by atoms with Gasteiger partial charge in [0.2, 0.25) is 5.91 Å². The second-order valence-electron chi connectivity index (χ2n) is 4.80. The molecule has 3 rings (SSSR count). The zero-order chi connectivity index (χ0) is 15.7. The number of aromatic nitrogens is 3. The molecule has 0 aromatic carbocycles. The summed E-state index contributed by atoms with van der Waals surface area (Å²) in [6, 6.07) is 5.62. The van der Waals surface area contributed by atoms with E-state index in [4.69, 9.17) is 10.5 Å². The average molecular weight is 297 g/mol. The number of rotatable bonds is 3. The molecule has 3 heterocycles. The summed E-state index contributed by atoms with van der Waals surface area (Å²) in [5, 5.41) is 2.66. The largest absolute Gasteiger partial charge is 0.493 e. The number of nitrogen functional groups attached to an aromatic ring is 1. The van der Waals surface area contributed by atoms with Gasteiger partial charge in [0.15, 0.2) is 17.4 Å². The number of pyridine rings is 2. The Kier molecular flexibility index (Phi) is 3.38. The minimum atomic E-state index is -0.156. The van der Waals surface area contributed by atoms with Crippen LogP contribution in [0.5, 0.6) is 5.75 Å². The number of methoxy groups -OCH3 is 1. The van der Waals surface area contributed by atoms with Crippen molar-refractivity contribution in [1.29, 1.82) is 0 Å². The molecule has 7 nitrogen and oxygen atoms in total. The monoisotopic (exact) mass is 297 g/mol. The third-order valence-electron chi connectivity index (χ3n) is 3.19. The molecule has 0 radical (unpaired) electrons. The van der Waals surface area contributed by atoms with Gasteiger partial charge in [0.1, 0.15) is 5.65 Å². The number of hydrogen-bond acceptors (Lipinski definition) is 5. The van der Waals surface area contributed by atoms with Crippen LogP contribution in [0, 0.1) is 0 Å². The van der Waals surface area contributed by atoms with E-state index >= 15 is 0 Å². The van der Waals surface area contributed by atoms with E-state index in [0.29, 0.717) is 17.4 Å². The van der Waals surface area contributed by atoms with E-state index in [-0.39, 0.29) is 5.91 Å². The molecule has 3 N–H and O–H groups in total. The van der Waals surface area contributed by atoms with Crippen LogP contribution in [0.25, 0.3) is 16.8 Å². The third-order valence-corrected chi connectivity index (χ3v) is 3.19. The minimum absolute atomic E-state index is 0.156. The first-order valence-corrected chi connectivity index (χ1v) is 6.63. The molecular weight excluding hydrogens is 282 g/mol. The van der Waals surface area contributed by atoms with Crippen LogP contribution in [0.3, 0.4) is 0 Å². The molecule has 3 aromatic heterocycles. The van der Waals surface area contributed by atoms with Crippen molar-refractivity contribution < 1.29 is 9.53 Å². The number of carbonyl (C=O) groups excluding carboxylic acids is 1. The number of fused-ring (bicyclic) bond motifs is 1. The smallest absolute Gasteiger partial charge is 0.222 e. The molecule has 112 valence electrons. The van der Waals surface area contributed by atoms with Crippen LogP contribution in [0.4, 0.5) is 11.6 Å². The maximum Gasteiger partial charge on any atom is 0.222 e. The second kappa shape index (κ2) is 5.36. The maximum absolute atomic E-state index is 11.1. The van der Waals surface area contributed by atoms with Crippen molar-refractivity contribution in [1.82, 2.24) is 14.4 Å². The molecule has 0 aliphatic carbocycles. The highest BCUT2D eigenvalue weighted by atomic mass is 16.5. The van der Waals surface area contributed by atoms with Gasteiger partial charge in [0.25, 0.3) is 0 Å². The van der Waals surface area contributed by atoms with E-state index in [9.17, 15) is 4.79 Å². The van der Waals surface area contributed by atoms with Gasteiger partial charge in [-0.25, -0.2) is 9.97 Å². The summed E-state index contributed by atoms with van der Waals surface area (Å²) in [5.41, 5.74) is 8.28. The summed E-state index contributed by atoms with van der Waals surface area (Å²) in [5.74, 6) is 1.24. The molecule has 7 heteroatoms. The minimum Gasteiger partial charge on any atom is -0.493 e. The van der Waals surface area contributed by atoms with Crippen molar-refractivity contribution in [3.63, 3.8) is 0 Å². The lowest BCUT2D eigenvalue weighted by Crippen LogP contribution is -2.05. The van der Waals surface area contributed by atoms with Gasteiger partial charge >= 0.3 is 0 Å². The normalized spacial score (nSPS) is 10.6. The van der Waals surface area contributed by atoms with Crippen LogP contribution in [0.1, 0.15) is 6.92 Å². The van der Waals surface area contributed by atoms with Crippen molar-refractivity contribution >= 4 is 23.2 Å². The lowest BCUT2D eigenvalue weighted by molar-refractivity contribution is -0.114. The van der Waals surface area contributed by atoms with E-state index in [1.54, 1.807) is 19.5 Å². The maximum atomic E-state index is 11.1. The van der Waals surface area contributed by atoms with Gasteiger partial charge in [0, 0.05) is 30.4 Å². The number of nitrogens with zero attached hydrogens (tertiary/aromatic N) is 3. The Morgan fingerprint density at radius 2 is 2.14 bits per heavy atom. The standard InChI is InChI=1S/C15H15N5O2/c1-9(21)18-13-8-20-7-10(3-4-14(20)19-13)11-5-12(22-2)15(16)17-6-11/h3-8H,1-2H3,(H2,16,17)(H,18,21). The average Bonchev–Trinajstić information content (AvgIpc) is 2.88. The zero-order valence-electron chi connectivity index (χ0n) is 12.2. The van der Waals surface area contributed by atoms with E-state index in [0.717, 1.165) is 16.8 Å². The summed E-state index contributed by atoms with van der Waals surface area (Å²) >= 11 is 0. The van der Waals surface area contributed by atoms with Gasteiger partial charge in [-0.15, -0.1) is 0 Å². The van der Waals surface area contributed by atoms with Crippen molar-refractivity contribution in [3.05, 3.63) is 36.8 Å². The second-order valence-corrected chi connectivity index (χ2v) is 4.80. The van der Waals surface area contributed by atoms with Crippen LogP contribution in [-0.4, -0.2) is 27.4 Å². The lowest BCUT2D eigenvalue weighted by atomic mass is 10.1. The first-order valence-electron chi connectivity index (χ1n) is 6.63. The molecule has 0 spiro atoms. The lowest BCUT2D eigenvalue weighted by Gasteiger charge is -2.07. The Morgan fingerprint density at radius 1 is 1.32 bits per heavy atom. The molecule has 0 saturated heterocycles. The number of anilines is 2. The molecule has 1 amide bonds. The van der Waals surface area contributed by atoms with Crippen LogP contribution in [-0.2, 0) is 4.79 Å². The first kappa shape index (κ1) is 13.9. The first-order chi connectivity index (χ1) is 10.6. The fourth-order valence-corrected chi connectivity index (χ4v) is 2.18. The van der Waals surface area contributed by atoms with Gasteiger partial charge in [-0.3, -0.25) is 4.79 Å². The highest BCUT2D eigenvalue weighted by Crippen LogP contribution is 2.27. The number of carbonyl (C=O) groups is 1. The number of nitrogens with one attached hydrogen (secondary N) is 1. The van der Waals surface area contributed by atoms with Gasteiger partial charge < -0.3 is 20.2 Å². The van der Waals surface area contributed by atoms with Crippen LogP contribution in [0.2, 0.25) is 0 Å². The number of nitrogens with two attached hydrogens (primary N) is 1. The molecule has 22 heavy (non-hydrogen) atoms. The van der Waals surface area contributed by atoms with E-state index in [2.05, 4.69) is 15.3 Å². The van der Waals surface area contributed by atoms with Gasteiger partial charge in [-0.2, -0.15) is 0 Å². The van der Waals surface area contributed by atoms with Gasteiger partial charge in [-0.1, -0.05) is 0 Å². The Morgan fingerprint density at radius 3 is 2.86 bits per heavy atom. The summed E-state index contributed by atoms with van der Waals surface area (Å²) in [6.07, 6.45) is 5.34. The highest BCUT2D eigenvalue weighted by molar-refractivity contribution is 5.87. The molecule has 0 saturated carbocycles. The van der Waals surface area contributed by atoms with Crippen LogP contribution < -0.4 is 15.8 Å². The Balaban J connectivity index is 2.02. The molecule has 0 aliphatic rings.